The lowest BCUT2D eigenvalue weighted by Gasteiger charge is -2.36. The van der Waals surface area contributed by atoms with E-state index in [1.165, 1.54) is 0 Å². The molecule has 36 heavy (non-hydrogen) atoms. The Bertz CT molecular complexity index is 667. The van der Waals surface area contributed by atoms with Gasteiger partial charge in [-0.25, -0.2) is 0 Å². The summed E-state index contributed by atoms with van der Waals surface area (Å²) in [5.74, 6) is -0.713. The fraction of sp³-hybridized carbons (Fsp3) is 0.867. The molecule has 6 heteroatoms. The summed E-state index contributed by atoms with van der Waals surface area (Å²) >= 11 is 0. The van der Waals surface area contributed by atoms with E-state index in [-0.39, 0.29) is 35.9 Å². The molecule has 2 rings (SSSR count). The van der Waals surface area contributed by atoms with Gasteiger partial charge in [0.2, 0.25) is 0 Å². The zero-order valence-electron chi connectivity index (χ0n) is 23.1. The first-order chi connectivity index (χ1) is 16.8. The van der Waals surface area contributed by atoms with E-state index in [0.717, 1.165) is 77.0 Å². The SMILES string of the molecule is CC(C)(CCCCC1CCCC(C=CC2CCCC(CCCCC(C)(C)C(=O)O)C2O)C1O)C(=O)O. The summed E-state index contributed by atoms with van der Waals surface area (Å²) < 4.78 is 0. The van der Waals surface area contributed by atoms with Crippen LogP contribution in [0.2, 0.25) is 0 Å². The van der Waals surface area contributed by atoms with Crippen LogP contribution in [0.3, 0.4) is 0 Å². The van der Waals surface area contributed by atoms with Gasteiger partial charge in [0, 0.05) is 11.8 Å². The largest absolute Gasteiger partial charge is 0.481 e. The standard InChI is InChI=1S/C30H52O6/c1-29(2,27(33)34)19-7-5-11-21-13-9-15-23(25(21)31)17-18-24-16-10-14-22(26(24)32)12-6-8-20-30(3,4)28(35)36/h17-18,21-26,31-32H,5-16,19-20H2,1-4H3,(H,33,34)(H,35,36). The third kappa shape index (κ3) is 9.16. The average molecular weight is 509 g/mol. The van der Waals surface area contributed by atoms with Gasteiger partial charge in [0.1, 0.15) is 0 Å². The molecule has 2 aliphatic carbocycles. The second kappa shape index (κ2) is 13.9. The molecular weight excluding hydrogens is 456 g/mol. The lowest BCUT2D eigenvalue weighted by Crippen LogP contribution is -2.34. The number of aliphatic hydroxyl groups is 2. The maximum absolute atomic E-state index is 11.3. The van der Waals surface area contributed by atoms with Crippen LogP contribution < -0.4 is 0 Å². The highest BCUT2D eigenvalue weighted by atomic mass is 16.4. The third-order valence-corrected chi connectivity index (χ3v) is 9.08. The van der Waals surface area contributed by atoms with E-state index in [2.05, 4.69) is 12.2 Å². The average Bonchev–Trinajstić information content (AvgIpc) is 2.81. The molecule has 0 spiro atoms. The van der Waals surface area contributed by atoms with Gasteiger partial charge in [-0.3, -0.25) is 9.59 Å². The van der Waals surface area contributed by atoms with E-state index in [1.54, 1.807) is 27.7 Å². The van der Waals surface area contributed by atoms with E-state index >= 15 is 0 Å². The second-order valence-electron chi connectivity index (χ2n) is 12.9. The summed E-state index contributed by atoms with van der Waals surface area (Å²) in [5.41, 5.74) is -1.38. The molecule has 2 fully saturated rings. The molecule has 0 aromatic carbocycles. The summed E-state index contributed by atoms with van der Waals surface area (Å²) in [6.07, 6.45) is 16.6. The summed E-state index contributed by atoms with van der Waals surface area (Å²) in [7, 11) is 0. The van der Waals surface area contributed by atoms with E-state index < -0.39 is 22.8 Å². The molecule has 6 atom stereocenters. The smallest absolute Gasteiger partial charge is 0.309 e. The Labute approximate surface area is 218 Å². The normalized spacial score (nSPS) is 29.9. The Morgan fingerprint density at radius 3 is 1.36 bits per heavy atom. The Balaban J connectivity index is 1.79. The lowest BCUT2D eigenvalue weighted by atomic mass is 9.73. The molecule has 0 aromatic heterocycles. The molecule has 0 amide bonds. The number of aliphatic hydroxyl groups excluding tert-OH is 2. The number of rotatable bonds is 14. The fourth-order valence-electron chi connectivity index (χ4n) is 6.11. The van der Waals surface area contributed by atoms with Gasteiger partial charge in [-0.05, 0) is 90.9 Å². The summed E-state index contributed by atoms with van der Waals surface area (Å²) in [6, 6.07) is 0. The molecule has 0 heterocycles. The topological polar surface area (TPSA) is 115 Å². The molecule has 0 bridgehead atoms. The molecule has 2 saturated carbocycles. The first-order valence-electron chi connectivity index (χ1n) is 14.4. The van der Waals surface area contributed by atoms with Crippen molar-refractivity contribution in [2.45, 2.75) is 130 Å². The summed E-state index contributed by atoms with van der Waals surface area (Å²) in [6.45, 7) is 7.10. The van der Waals surface area contributed by atoms with Crippen molar-refractivity contribution in [2.24, 2.45) is 34.5 Å². The van der Waals surface area contributed by atoms with Crippen molar-refractivity contribution in [2.75, 3.05) is 0 Å². The molecule has 0 aliphatic heterocycles. The van der Waals surface area contributed by atoms with Gasteiger partial charge in [-0.15, -0.1) is 0 Å². The highest BCUT2D eigenvalue weighted by Crippen LogP contribution is 2.37. The van der Waals surface area contributed by atoms with Gasteiger partial charge in [0.25, 0.3) is 0 Å². The van der Waals surface area contributed by atoms with E-state index in [1.807, 2.05) is 0 Å². The predicted molar refractivity (Wildman–Crippen MR) is 143 cm³/mol. The number of hydrogen-bond donors (Lipinski definition) is 4. The number of carboxylic acid groups (broad SMARTS) is 2. The van der Waals surface area contributed by atoms with Crippen molar-refractivity contribution in [3.8, 4) is 0 Å². The first kappa shape index (κ1) is 30.8. The van der Waals surface area contributed by atoms with Crippen LogP contribution >= 0.6 is 0 Å². The highest BCUT2D eigenvalue weighted by molar-refractivity contribution is 5.73. The monoisotopic (exact) mass is 508 g/mol. The van der Waals surface area contributed by atoms with Gasteiger partial charge in [-0.1, -0.05) is 50.7 Å². The van der Waals surface area contributed by atoms with Crippen molar-refractivity contribution in [3.63, 3.8) is 0 Å². The Morgan fingerprint density at radius 2 is 1.03 bits per heavy atom. The van der Waals surface area contributed by atoms with Crippen LogP contribution in [-0.2, 0) is 9.59 Å². The van der Waals surface area contributed by atoms with Crippen molar-refractivity contribution in [1.82, 2.24) is 0 Å². The van der Waals surface area contributed by atoms with Crippen LogP contribution in [0.25, 0.3) is 0 Å². The quantitative estimate of drug-likeness (QED) is 0.159. The first-order valence-corrected chi connectivity index (χ1v) is 14.4. The Morgan fingerprint density at radius 1 is 0.667 bits per heavy atom. The van der Waals surface area contributed by atoms with Gasteiger partial charge >= 0.3 is 11.9 Å². The molecule has 2 aliphatic rings. The molecule has 0 aromatic rings. The maximum Gasteiger partial charge on any atom is 0.309 e. The zero-order chi connectivity index (χ0) is 26.9. The second-order valence-corrected chi connectivity index (χ2v) is 12.9. The molecule has 4 N–H and O–H groups in total. The minimum absolute atomic E-state index is 0.130. The summed E-state index contributed by atoms with van der Waals surface area (Å²) in [5, 5.41) is 40.6. The Kier molecular flexibility index (Phi) is 11.9. The van der Waals surface area contributed by atoms with Crippen LogP contribution in [-0.4, -0.2) is 44.6 Å². The number of hydrogen-bond acceptors (Lipinski definition) is 4. The molecule has 0 saturated heterocycles. The molecule has 6 unspecified atom stereocenters. The maximum atomic E-state index is 11.3. The number of aliphatic carboxylic acids is 2. The zero-order valence-corrected chi connectivity index (χ0v) is 23.1. The van der Waals surface area contributed by atoms with Gasteiger partial charge in [0.05, 0.1) is 23.0 Å². The number of unbranched alkanes of at least 4 members (excludes halogenated alkanes) is 2. The summed E-state index contributed by atoms with van der Waals surface area (Å²) in [4.78, 5) is 22.6. The lowest BCUT2D eigenvalue weighted by molar-refractivity contribution is -0.148. The Hall–Kier alpha value is -1.40. The molecular formula is C30H52O6. The molecule has 208 valence electrons. The van der Waals surface area contributed by atoms with Crippen LogP contribution in [0.15, 0.2) is 12.2 Å². The van der Waals surface area contributed by atoms with Crippen molar-refractivity contribution in [3.05, 3.63) is 12.2 Å². The predicted octanol–water partition coefficient (Wildman–Crippen LogP) is 6.44. The van der Waals surface area contributed by atoms with Crippen molar-refractivity contribution in [1.29, 1.82) is 0 Å². The van der Waals surface area contributed by atoms with Crippen LogP contribution in [0, 0.1) is 34.5 Å². The van der Waals surface area contributed by atoms with Crippen LogP contribution in [0.4, 0.5) is 0 Å². The fourth-order valence-corrected chi connectivity index (χ4v) is 6.11. The van der Waals surface area contributed by atoms with Gasteiger partial charge in [0.15, 0.2) is 0 Å². The third-order valence-electron chi connectivity index (χ3n) is 9.08. The van der Waals surface area contributed by atoms with Crippen LogP contribution in [0.1, 0.15) is 118 Å². The number of carbonyl (C=O) groups is 2. The molecule has 0 radical (unpaired) electrons. The van der Waals surface area contributed by atoms with E-state index in [9.17, 15) is 30.0 Å². The minimum Gasteiger partial charge on any atom is -0.481 e. The highest BCUT2D eigenvalue weighted by Gasteiger charge is 2.33. The van der Waals surface area contributed by atoms with E-state index in [0.29, 0.717) is 12.8 Å². The van der Waals surface area contributed by atoms with E-state index in [4.69, 9.17) is 0 Å². The van der Waals surface area contributed by atoms with Gasteiger partial charge < -0.3 is 20.4 Å². The van der Waals surface area contributed by atoms with Gasteiger partial charge in [-0.2, -0.15) is 0 Å². The van der Waals surface area contributed by atoms with Crippen LogP contribution in [0.5, 0.6) is 0 Å². The minimum atomic E-state index is -0.750. The van der Waals surface area contributed by atoms with Crippen molar-refractivity contribution >= 4 is 11.9 Å². The molecule has 6 nitrogen and oxygen atoms in total. The van der Waals surface area contributed by atoms with Crippen molar-refractivity contribution < 1.29 is 30.0 Å². The number of carboxylic acids is 2.